The van der Waals surface area contributed by atoms with Gasteiger partial charge in [-0.25, -0.2) is 0 Å². The number of aliphatic hydroxyl groups is 1. The first-order chi connectivity index (χ1) is 8.36. The van der Waals surface area contributed by atoms with Crippen molar-refractivity contribution < 1.29 is 14.6 Å². The minimum atomic E-state index is -0.836. The van der Waals surface area contributed by atoms with Gasteiger partial charge in [-0.15, -0.1) is 0 Å². The third-order valence-electron chi connectivity index (χ3n) is 3.00. The first kappa shape index (κ1) is 15.2. The lowest BCUT2D eigenvalue weighted by Crippen LogP contribution is -2.34. The van der Waals surface area contributed by atoms with Crippen LogP contribution in [0.15, 0.2) is 18.2 Å². The second kappa shape index (κ2) is 6.32. The van der Waals surface area contributed by atoms with Crippen molar-refractivity contribution in [3.63, 3.8) is 0 Å². The molecule has 0 aliphatic rings. The van der Waals surface area contributed by atoms with Crippen molar-refractivity contribution in [1.82, 2.24) is 0 Å². The van der Waals surface area contributed by atoms with Crippen LogP contribution in [-0.4, -0.2) is 31.2 Å². The van der Waals surface area contributed by atoms with Crippen molar-refractivity contribution in [3.05, 3.63) is 34.9 Å². The largest absolute Gasteiger partial charge is 0.390 e. The molecule has 0 heterocycles. The molecule has 3 nitrogen and oxygen atoms in total. The second-order valence-corrected chi connectivity index (χ2v) is 5.27. The smallest absolute Gasteiger partial charge is 0.159 e. The van der Waals surface area contributed by atoms with Crippen molar-refractivity contribution >= 4 is 0 Å². The van der Waals surface area contributed by atoms with Crippen LogP contribution in [0.2, 0.25) is 0 Å². The highest BCUT2D eigenvalue weighted by Gasteiger charge is 2.26. The van der Waals surface area contributed by atoms with Gasteiger partial charge in [0.15, 0.2) is 6.29 Å². The summed E-state index contributed by atoms with van der Waals surface area (Å²) in [5.41, 5.74) is 2.74. The highest BCUT2D eigenvalue weighted by atomic mass is 16.7. The van der Waals surface area contributed by atoms with Gasteiger partial charge in [0.2, 0.25) is 0 Å². The van der Waals surface area contributed by atoms with E-state index in [0.717, 1.165) is 5.56 Å². The summed E-state index contributed by atoms with van der Waals surface area (Å²) in [6.07, 6.45) is 0.678. The van der Waals surface area contributed by atoms with Gasteiger partial charge in [0, 0.05) is 27.1 Å². The van der Waals surface area contributed by atoms with E-state index < -0.39 is 5.60 Å². The Balaban J connectivity index is 2.74. The van der Waals surface area contributed by atoms with Crippen LogP contribution < -0.4 is 0 Å². The molecule has 1 aromatic carbocycles. The molecule has 0 radical (unpaired) electrons. The van der Waals surface area contributed by atoms with Crippen molar-refractivity contribution in [1.29, 1.82) is 0 Å². The third-order valence-corrected chi connectivity index (χ3v) is 3.00. The van der Waals surface area contributed by atoms with Crippen LogP contribution in [0.5, 0.6) is 0 Å². The van der Waals surface area contributed by atoms with E-state index in [4.69, 9.17) is 9.47 Å². The van der Waals surface area contributed by atoms with Gasteiger partial charge < -0.3 is 14.6 Å². The summed E-state index contributed by atoms with van der Waals surface area (Å²) in [4.78, 5) is 0. The van der Waals surface area contributed by atoms with E-state index in [1.807, 2.05) is 6.92 Å². The van der Waals surface area contributed by atoms with Crippen LogP contribution >= 0.6 is 0 Å². The first-order valence-corrected chi connectivity index (χ1v) is 6.21. The highest BCUT2D eigenvalue weighted by Crippen LogP contribution is 2.21. The predicted molar refractivity (Wildman–Crippen MR) is 72.7 cm³/mol. The topological polar surface area (TPSA) is 38.7 Å². The van der Waals surface area contributed by atoms with E-state index in [1.54, 1.807) is 14.2 Å². The van der Waals surface area contributed by atoms with E-state index in [9.17, 15) is 5.11 Å². The molecule has 0 saturated heterocycles. The van der Waals surface area contributed by atoms with Gasteiger partial charge in [-0.05, 0) is 26.3 Å². The van der Waals surface area contributed by atoms with Gasteiger partial charge in [-0.3, -0.25) is 0 Å². The molecule has 0 spiro atoms. The van der Waals surface area contributed by atoms with Gasteiger partial charge in [-0.1, -0.05) is 29.3 Å². The molecular formula is C15H24O3. The Kier molecular flexibility index (Phi) is 5.32. The molecule has 18 heavy (non-hydrogen) atoms. The first-order valence-electron chi connectivity index (χ1n) is 6.21. The second-order valence-electron chi connectivity index (χ2n) is 5.27. The summed E-state index contributed by atoms with van der Waals surface area (Å²) in [6, 6.07) is 6.34. The Hall–Kier alpha value is -0.900. The van der Waals surface area contributed by atoms with Crippen LogP contribution in [0.1, 0.15) is 30.0 Å². The van der Waals surface area contributed by atoms with Gasteiger partial charge in [0.1, 0.15) is 0 Å². The number of hydrogen-bond donors (Lipinski definition) is 1. The van der Waals surface area contributed by atoms with Crippen LogP contribution in [0.25, 0.3) is 0 Å². The Bertz CT molecular complexity index is 361. The number of methoxy groups -OCH3 is 2. The lowest BCUT2D eigenvalue weighted by Gasteiger charge is -2.27. The highest BCUT2D eigenvalue weighted by molar-refractivity contribution is 5.29. The van der Waals surface area contributed by atoms with Crippen LogP contribution in [0.4, 0.5) is 0 Å². The number of benzene rings is 1. The van der Waals surface area contributed by atoms with E-state index in [2.05, 4.69) is 32.0 Å². The molecular weight excluding hydrogens is 228 g/mol. The zero-order valence-electron chi connectivity index (χ0n) is 12.0. The third kappa shape index (κ3) is 4.77. The van der Waals surface area contributed by atoms with E-state index >= 15 is 0 Å². The fourth-order valence-electron chi connectivity index (χ4n) is 2.30. The molecule has 1 N–H and O–H groups in total. The normalized spacial score (nSPS) is 14.8. The number of hydrogen-bond acceptors (Lipinski definition) is 3. The summed E-state index contributed by atoms with van der Waals surface area (Å²) >= 11 is 0. The maximum absolute atomic E-state index is 10.4. The van der Waals surface area contributed by atoms with E-state index in [-0.39, 0.29) is 6.29 Å². The monoisotopic (exact) mass is 252 g/mol. The zero-order valence-corrected chi connectivity index (χ0v) is 12.0. The Morgan fingerprint density at radius 3 is 2.06 bits per heavy atom. The Labute approximate surface area is 110 Å². The van der Waals surface area contributed by atoms with Gasteiger partial charge in [0.05, 0.1) is 5.60 Å². The molecule has 1 rings (SSSR count). The number of ether oxygens (including phenoxy) is 2. The van der Waals surface area contributed by atoms with E-state index in [0.29, 0.717) is 12.8 Å². The van der Waals surface area contributed by atoms with Crippen LogP contribution in [0.3, 0.4) is 0 Å². The number of aryl methyl sites for hydroxylation is 2. The summed E-state index contributed by atoms with van der Waals surface area (Å²) in [7, 11) is 3.17. The van der Waals surface area contributed by atoms with Crippen molar-refractivity contribution in [2.24, 2.45) is 0 Å². The molecule has 3 heteroatoms. The number of rotatable bonds is 6. The fourth-order valence-corrected chi connectivity index (χ4v) is 2.30. The SMILES string of the molecule is COC(CC(C)(O)Cc1cc(C)cc(C)c1)OC. The molecule has 1 atom stereocenters. The molecule has 0 fully saturated rings. The standard InChI is InChI=1S/C15H24O3/c1-11-6-12(2)8-13(7-11)9-15(3,16)10-14(17-4)18-5/h6-8,14,16H,9-10H2,1-5H3. The summed E-state index contributed by atoms with van der Waals surface area (Å²) < 4.78 is 10.3. The molecule has 1 unspecified atom stereocenters. The Morgan fingerprint density at radius 1 is 1.11 bits per heavy atom. The fraction of sp³-hybridized carbons (Fsp3) is 0.600. The maximum Gasteiger partial charge on any atom is 0.159 e. The van der Waals surface area contributed by atoms with Gasteiger partial charge >= 0.3 is 0 Å². The van der Waals surface area contributed by atoms with E-state index in [1.165, 1.54) is 11.1 Å². The zero-order chi connectivity index (χ0) is 13.8. The molecule has 102 valence electrons. The van der Waals surface area contributed by atoms with Crippen molar-refractivity contribution in [3.8, 4) is 0 Å². The molecule has 0 aliphatic carbocycles. The van der Waals surface area contributed by atoms with Crippen molar-refractivity contribution in [2.75, 3.05) is 14.2 Å². The molecule has 0 bridgehead atoms. The van der Waals surface area contributed by atoms with Crippen LogP contribution in [0, 0.1) is 13.8 Å². The molecule has 0 amide bonds. The van der Waals surface area contributed by atoms with Gasteiger partial charge in [-0.2, -0.15) is 0 Å². The molecule has 0 aromatic heterocycles. The van der Waals surface area contributed by atoms with Crippen molar-refractivity contribution in [2.45, 2.75) is 45.5 Å². The summed E-state index contributed by atoms with van der Waals surface area (Å²) in [6.45, 7) is 5.95. The molecule has 0 aliphatic heterocycles. The maximum atomic E-state index is 10.4. The average molecular weight is 252 g/mol. The molecule has 1 aromatic rings. The predicted octanol–water partition coefficient (Wildman–Crippen LogP) is 2.61. The quantitative estimate of drug-likeness (QED) is 0.791. The summed E-state index contributed by atoms with van der Waals surface area (Å²) in [5, 5.41) is 10.4. The lowest BCUT2D eigenvalue weighted by atomic mass is 9.91. The van der Waals surface area contributed by atoms with Gasteiger partial charge in [0.25, 0.3) is 0 Å². The minimum absolute atomic E-state index is 0.370. The minimum Gasteiger partial charge on any atom is -0.390 e. The summed E-state index contributed by atoms with van der Waals surface area (Å²) in [5.74, 6) is 0. The Morgan fingerprint density at radius 2 is 1.61 bits per heavy atom. The average Bonchev–Trinajstić information content (AvgIpc) is 2.23. The van der Waals surface area contributed by atoms with Crippen LogP contribution in [-0.2, 0) is 15.9 Å². The molecule has 0 saturated carbocycles. The lowest BCUT2D eigenvalue weighted by molar-refractivity contribution is -0.139.